The van der Waals surface area contributed by atoms with E-state index >= 15 is 4.39 Å². The zero-order valence-electron chi connectivity index (χ0n) is 25.6. The van der Waals surface area contributed by atoms with Gasteiger partial charge in [-0.25, -0.2) is 14.0 Å². The van der Waals surface area contributed by atoms with Crippen molar-refractivity contribution in [3.63, 3.8) is 0 Å². The molecule has 2 aliphatic rings. The van der Waals surface area contributed by atoms with E-state index < -0.39 is 24.1 Å². The molecule has 0 aliphatic carbocycles. The number of hydrogen-bond acceptors (Lipinski definition) is 6. The summed E-state index contributed by atoms with van der Waals surface area (Å²) in [5, 5.41) is 5.57. The largest absolute Gasteiger partial charge is 0.453 e. The summed E-state index contributed by atoms with van der Waals surface area (Å²) in [6, 6.07) is 8.53. The van der Waals surface area contributed by atoms with E-state index in [4.69, 9.17) is 21.1 Å². The first-order valence-electron chi connectivity index (χ1n) is 14.6. The standard InChI is InChI=1S/C33H38ClFN4O5/c1-6-8-24(34)30(35)29(19(2)3)28-14-16-39(33(42)44-28)27-10-7-9-20(4)31(40)38-26-18-22(37-32(41)43-5)11-12-23(26)25-17-21(27)13-15-36-25/h6,8,11-13,15,17-18,20,27-28H,7,9-10,14,16H2,1-5H3,(H,37,41)(H,38,40)/b8-6-,30-24-/t20-,27?,28-/m1/s1. The third-order valence-corrected chi connectivity index (χ3v) is 8.11. The number of rotatable bonds is 5. The van der Waals surface area contributed by atoms with E-state index in [1.54, 1.807) is 56.1 Å². The summed E-state index contributed by atoms with van der Waals surface area (Å²) < 4.78 is 25.9. The number of ether oxygens (including phenoxy) is 2. The lowest BCUT2D eigenvalue weighted by Crippen LogP contribution is -2.45. The predicted octanol–water partition coefficient (Wildman–Crippen LogP) is 8.27. The van der Waals surface area contributed by atoms with Crippen molar-refractivity contribution < 1.29 is 28.2 Å². The summed E-state index contributed by atoms with van der Waals surface area (Å²) >= 11 is 6.17. The summed E-state index contributed by atoms with van der Waals surface area (Å²) in [5.41, 5.74) is 3.99. The van der Waals surface area contributed by atoms with Gasteiger partial charge in [0.05, 0.1) is 29.6 Å². The number of nitrogens with zero attached hydrogens (tertiary/aromatic N) is 2. The summed E-state index contributed by atoms with van der Waals surface area (Å²) in [6.07, 6.45) is 5.05. The van der Waals surface area contributed by atoms with E-state index in [1.165, 1.54) is 13.2 Å². The molecule has 44 heavy (non-hydrogen) atoms. The number of pyridine rings is 1. The van der Waals surface area contributed by atoms with Crippen LogP contribution in [0.2, 0.25) is 0 Å². The summed E-state index contributed by atoms with van der Waals surface area (Å²) in [5.74, 6) is -1.09. The number of halogens is 2. The number of fused-ring (bicyclic) bond motifs is 4. The van der Waals surface area contributed by atoms with Crippen LogP contribution >= 0.6 is 11.6 Å². The Labute approximate surface area is 262 Å². The number of cyclic esters (lactones) is 1. The third-order valence-electron chi connectivity index (χ3n) is 7.82. The van der Waals surface area contributed by atoms with Gasteiger partial charge in [-0.15, -0.1) is 0 Å². The van der Waals surface area contributed by atoms with Gasteiger partial charge < -0.3 is 19.7 Å². The molecule has 0 radical (unpaired) electrons. The maximum Gasteiger partial charge on any atom is 0.411 e. The zero-order chi connectivity index (χ0) is 32.0. The highest BCUT2D eigenvalue weighted by molar-refractivity contribution is 6.31. The fourth-order valence-corrected chi connectivity index (χ4v) is 5.77. The van der Waals surface area contributed by atoms with Crippen molar-refractivity contribution in [3.05, 3.63) is 76.2 Å². The summed E-state index contributed by atoms with van der Waals surface area (Å²) in [6.45, 7) is 7.47. The molecule has 3 atom stereocenters. The van der Waals surface area contributed by atoms with E-state index in [0.717, 1.165) is 5.56 Å². The van der Waals surface area contributed by atoms with Crippen molar-refractivity contribution in [2.75, 3.05) is 24.3 Å². The van der Waals surface area contributed by atoms with Gasteiger partial charge in [0.2, 0.25) is 5.91 Å². The molecule has 3 amide bonds. The van der Waals surface area contributed by atoms with Gasteiger partial charge in [0.15, 0.2) is 0 Å². The SMILES string of the molecule is C/C=C\C(Cl)=C(\F)C(=C(C)C)[C@H]1CCN(C2CCC[C@@H](C)C(=O)Nc3cc(NC(=O)OC)ccc3-c3cc2ccn3)C(=O)O1. The molecule has 0 saturated carbocycles. The van der Waals surface area contributed by atoms with Crippen molar-refractivity contribution >= 4 is 41.1 Å². The van der Waals surface area contributed by atoms with Crippen molar-refractivity contribution in [1.29, 1.82) is 0 Å². The third kappa shape index (κ3) is 7.48. The van der Waals surface area contributed by atoms with Crippen molar-refractivity contribution in [1.82, 2.24) is 9.88 Å². The fourth-order valence-electron chi connectivity index (χ4n) is 5.54. The Morgan fingerprint density at radius 1 is 1.20 bits per heavy atom. The van der Waals surface area contributed by atoms with Crippen LogP contribution in [0.3, 0.4) is 0 Å². The first-order chi connectivity index (χ1) is 21.0. The highest BCUT2D eigenvalue weighted by atomic mass is 35.5. The van der Waals surface area contributed by atoms with Gasteiger partial charge in [-0.2, -0.15) is 0 Å². The topological polar surface area (TPSA) is 110 Å². The maximum atomic E-state index is 15.3. The Balaban J connectivity index is 1.69. The fraction of sp³-hybridized carbons (Fsp3) is 0.394. The Morgan fingerprint density at radius 3 is 2.66 bits per heavy atom. The number of amides is 3. The van der Waals surface area contributed by atoms with Crippen LogP contribution in [0.1, 0.15) is 65.0 Å². The van der Waals surface area contributed by atoms with Crippen LogP contribution < -0.4 is 10.6 Å². The molecular formula is C33H38ClFN4O5. The number of carbonyl (C=O) groups excluding carboxylic acids is 3. The van der Waals surface area contributed by atoms with Gasteiger partial charge in [-0.1, -0.05) is 36.6 Å². The van der Waals surface area contributed by atoms with Crippen molar-refractivity contribution in [3.8, 4) is 11.3 Å². The van der Waals surface area contributed by atoms with E-state index in [2.05, 4.69) is 15.6 Å². The predicted molar refractivity (Wildman–Crippen MR) is 169 cm³/mol. The molecule has 2 aliphatic heterocycles. The Morgan fingerprint density at radius 2 is 1.98 bits per heavy atom. The van der Waals surface area contributed by atoms with E-state index in [9.17, 15) is 14.4 Å². The van der Waals surface area contributed by atoms with Gasteiger partial charge in [0.1, 0.15) is 11.9 Å². The van der Waals surface area contributed by atoms with Crippen LogP contribution in [-0.2, 0) is 14.3 Å². The van der Waals surface area contributed by atoms with Crippen molar-refractivity contribution in [2.24, 2.45) is 5.92 Å². The minimum absolute atomic E-state index is 0.0440. The molecule has 3 heterocycles. The van der Waals surface area contributed by atoms with Gasteiger partial charge >= 0.3 is 12.2 Å². The molecule has 0 spiro atoms. The molecule has 4 rings (SSSR count). The van der Waals surface area contributed by atoms with Crippen LogP contribution in [0.4, 0.5) is 25.4 Å². The summed E-state index contributed by atoms with van der Waals surface area (Å²) in [7, 11) is 1.27. The summed E-state index contributed by atoms with van der Waals surface area (Å²) in [4.78, 5) is 44.8. The molecule has 1 fully saturated rings. The molecule has 1 unspecified atom stereocenters. The molecule has 2 N–H and O–H groups in total. The quantitative estimate of drug-likeness (QED) is 0.324. The van der Waals surface area contributed by atoms with E-state index in [1.807, 2.05) is 19.1 Å². The number of nitrogens with one attached hydrogen (secondary N) is 2. The molecule has 11 heteroatoms. The molecule has 9 nitrogen and oxygen atoms in total. The molecule has 234 valence electrons. The monoisotopic (exact) mass is 624 g/mol. The maximum absolute atomic E-state index is 15.3. The number of hydrogen-bond donors (Lipinski definition) is 2. The molecule has 1 saturated heterocycles. The van der Waals surface area contributed by atoms with Gasteiger partial charge in [0, 0.05) is 41.9 Å². The van der Waals surface area contributed by atoms with Crippen LogP contribution in [0.15, 0.2) is 70.7 Å². The number of allylic oxidation sites excluding steroid dienone is 4. The highest BCUT2D eigenvalue weighted by Crippen LogP contribution is 2.38. The lowest BCUT2D eigenvalue weighted by molar-refractivity contribution is -0.119. The average Bonchev–Trinajstić information content (AvgIpc) is 2.99. The molecule has 1 aromatic carbocycles. The first kappa shape index (κ1) is 32.7. The van der Waals surface area contributed by atoms with Gasteiger partial charge in [-0.3, -0.25) is 15.1 Å². The van der Waals surface area contributed by atoms with Crippen LogP contribution in [0, 0.1) is 5.92 Å². The molecular weight excluding hydrogens is 587 g/mol. The number of aromatic nitrogens is 1. The lowest BCUT2D eigenvalue weighted by Gasteiger charge is -2.38. The van der Waals surface area contributed by atoms with Gasteiger partial charge in [0.25, 0.3) is 0 Å². The second kappa shape index (κ2) is 14.5. The smallest absolute Gasteiger partial charge is 0.411 e. The first-order valence-corrected chi connectivity index (χ1v) is 15.0. The van der Waals surface area contributed by atoms with Crippen LogP contribution in [-0.4, -0.2) is 47.7 Å². The second-order valence-corrected chi connectivity index (χ2v) is 11.5. The Bertz CT molecular complexity index is 1520. The number of anilines is 2. The zero-order valence-corrected chi connectivity index (χ0v) is 26.3. The van der Waals surface area contributed by atoms with E-state index in [-0.39, 0.29) is 28.5 Å². The lowest BCUT2D eigenvalue weighted by atomic mass is 9.93. The minimum Gasteiger partial charge on any atom is -0.453 e. The van der Waals surface area contributed by atoms with Crippen LogP contribution in [0.5, 0.6) is 0 Å². The minimum atomic E-state index is -0.773. The number of carbonyl (C=O) groups is 3. The van der Waals surface area contributed by atoms with E-state index in [0.29, 0.717) is 60.4 Å². The average molecular weight is 625 g/mol. The van der Waals surface area contributed by atoms with Crippen molar-refractivity contribution in [2.45, 2.75) is 65.5 Å². The molecule has 2 bridgehead atoms. The number of methoxy groups -OCH3 is 1. The second-order valence-electron chi connectivity index (χ2n) is 11.1. The normalized spacial score (nSPS) is 21.2. The Kier molecular flexibility index (Phi) is 10.8. The number of benzene rings is 1. The van der Waals surface area contributed by atoms with Gasteiger partial charge in [-0.05, 0) is 75.6 Å². The Hall–Kier alpha value is -4.18. The highest BCUT2D eigenvalue weighted by Gasteiger charge is 2.36. The molecule has 2 aromatic rings. The molecule has 1 aromatic heterocycles. The van der Waals surface area contributed by atoms with Crippen LogP contribution in [0.25, 0.3) is 11.3 Å².